The fourth-order valence-electron chi connectivity index (χ4n) is 2.12. The van der Waals surface area contributed by atoms with Crippen molar-refractivity contribution in [1.82, 2.24) is 4.90 Å². The predicted octanol–water partition coefficient (Wildman–Crippen LogP) is 1.34. The quantitative estimate of drug-likeness (QED) is 0.617. The van der Waals surface area contributed by atoms with Gasteiger partial charge in [-0.15, -0.1) is 0 Å². The number of likely N-dealkylation sites (tertiary alicyclic amines) is 1. The normalized spacial score (nSPS) is 31.4. The van der Waals surface area contributed by atoms with Gasteiger partial charge < -0.3 is 5.11 Å². The maximum absolute atomic E-state index is 9.96. The molecule has 11 heavy (non-hydrogen) atoms. The summed E-state index contributed by atoms with van der Waals surface area (Å²) in [6, 6.07) is 0. The first kappa shape index (κ1) is 7.56. The highest BCUT2D eigenvalue weighted by molar-refractivity contribution is 4.88. The maximum Gasteiger partial charge on any atom is 0.118 e. The molecule has 0 unspecified atom stereocenters. The van der Waals surface area contributed by atoms with Crippen molar-refractivity contribution in [2.45, 2.75) is 44.2 Å². The molecule has 0 aromatic rings. The van der Waals surface area contributed by atoms with E-state index in [-0.39, 0.29) is 5.72 Å². The molecule has 64 valence electrons. The molecule has 1 N–H and O–H groups in total. The third-order valence-corrected chi connectivity index (χ3v) is 3.10. The molecule has 0 amide bonds. The lowest BCUT2D eigenvalue weighted by Gasteiger charge is -2.47. The fourth-order valence-corrected chi connectivity index (χ4v) is 2.12. The summed E-state index contributed by atoms with van der Waals surface area (Å²) in [5.74, 6) is 0. The van der Waals surface area contributed by atoms with Gasteiger partial charge in [-0.05, 0) is 32.1 Å². The lowest BCUT2D eigenvalue weighted by Crippen LogP contribution is -2.55. The Morgan fingerprint density at radius 2 is 1.55 bits per heavy atom. The Hall–Kier alpha value is -0.0800. The van der Waals surface area contributed by atoms with Gasteiger partial charge in [-0.3, -0.25) is 4.90 Å². The smallest absolute Gasteiger partial charge is 0.118 e. The van der Waals surface area contributed by atoms with Crippen LogP contribution in [0.1, 0.15) is 38.5 Å². The van der Waals surface area contributed by atoms with Crippen molar-refractivity contribution >= 4 is 0 Å². The summed E-state index contributed by atoms with van der Waals surface area (Å²) in [6.07, 6.45) is 7.14. The average Bonchev–Trinajstić information content (AvgIpc) is 2.02. The van der Waals surface area contributed by atoms with Crippen LogP contribution >= 0.6 is 0 Å². The molecule has 1 heterocycles. The Morgan fingerprint density at radius 3 is 2.00 bits per heavy atom. The second-order valence-corrected chi connectivity index (χ2v) is 3.88. The van der Waals surface area contributed by atoms with Crippen LogP contribution in [0, 0.1) is 0 Å². The molecule has 0 aromatic carbocycles. The zero-order chi connectivity index (χ0) is 7.73. The monoisotopic (exact) mass is 155 g/mol. The number of piperidine rings is 1. The third-order valence-electron chi connectivity index (χ3n) is 3.10. The minimum absolute atomic E-state index is 0.375. The van der Waals surface area contributed by atoms with Crippen molar-refractivity contribution in [3.05, 3.63) is 0 Å². The summed E-state index contributed by atoms with van der Waals surface area (Å²) in [7, 11) is 0. The Labute approximate surface area is 68.2 Å². The number of hydrogen-bond acceptors (Lipinski definition) is 2. The fraction of sp³-hybridized carbons (Fsp3) is 1.00. The lowest BCUT2D eigenvalue weighted by molar-refractivity contribution is -0.167. The van der Waals surface area contributed by atoms with Gasteiger partial charge in [-0.2, -0.15) is 0 Å². The molecule has 1 saturated heterocycles. The first-order valence-electron chi connectivity index (χ1n) is 4.79. The molecule has 1 aliphatic carbocycles. The Morgan fingerprint density at radius 1 is 0.909 bits per heavy atom. The molecule has 2 heteroatoms. The van der Waals surface area contributed by atoms with Crippen LogP contribution in [0.3, 0.4) is 0 Å². The van der Waals surface area contributed by atoms with Crippen LogP contribution in [-0.4, -0.2) is 28.8 Å². The molecule has 1 aliphatic heterocycles. The summed E-state index contributed by atoms with van der Waals surface area (Å²) in [5.41, 5.74) is -0.375. The molecule has 1 saturated carbocycles. The SMILES string of the molecule is OC1(N2CCCCC2)CCC1. The van der Waals surface area contributed by atoms with Gasteiger partial charge in [0.15, 0.2) is 0 Å². The summed E-state index contributed by atoms with van der Waals surface area (Å²) < 4.78 is 0. The summed E-state index contributed by atoms with van der Waals surface area (Å²) in [5, 5.41) is 9.96. The highest BCUT2D eigenvalue weighted by Gasteiger charge is 2.40. The second kappa shape index (κ2) is 2.76. The first-order valence-corrected chi connectivity index (χ1v) is 4.79. The minimum Gasteiger partial charge on any atom is -0.376 e. The number of rotatable bonds is 1. The second-order valence-electron chi connectivity index (χ2n) is 3.88. The van der Waals surface area contributed by atoms with Crippen molar-refractivity contribution in [2.24, 2.45) is 0 Å². The van der Waals surface area contributed by atoms with Gasteiger partial charge in [0, 0.05) is 13.1 Å². The van der Waals surface area contributed by atoms with Crippen molar-refractivity contribution in [2.75, 3.05) is 13.1 Å². The highest BCUT2D eigenvalue weighted by atomic mass is 16.3. The van der Waals surface area contributed by atoms with Crippen molar-refractivity contribution in [1.29, 1.82) is 0 Å². The van der Waals surface area contributed by atoms with Gasteiger partial charge in [0.25, 0.3) is 0 Å². The van der Waals surface area contributed by atoms with E-state index < -0.39 is 0 Å². The van der Waals surface area contributed by atoms with E-state index in [0.29, 0.717) is 0 Å². The number of hydrogen-bond donors (Lipinski definition) is 1. The third kappa shape index (κ3) is 1.30. The van der Waals surface area contributed by atoms with E-state index in [1.165, 1.54) is 25.7 Å². The maximum atomic E-state index is 9.96. The van der Waals surface area contributed by atoms with Gasteiger partial charge >= 0.3 is 0 Å². The molecule has 2 fully saturated rings. The van der Waals surface area contributed by atoms with Crippen LogP contribution in [0.25, 0.3) is 0 Å². The predicted molar refractivity (Wildman–Crippen MR) is 44.2 cm³/mol. The molecular formula is C9H17NO. The van der Waals surface area contributed by atoms with Crippen molar-refractivity contribution in [3.8, 4) is 0 Å². The van der Waals surface area contributed by atoms with Crippen LogP contribution < -0.4 is 0 Å². The first-order chi connectivity index (χ1) is 5.31. The van der Waals surface area contributed by atoms with Crippen LogP contribution in [0.5, 0.6) is 0 Å². The van der Waals surface area contributed by atoms with Crippen LogP contribution in [-0.2, 0) is 0 Å². The standard InChI is InChI=1S/C9H17NO/c11-9(5-4-6-9)10-7-2-1-3-8-10/h11H,1-8H2. The van der Waals surface area contributed by atoms with Gasteiger partial charge in [-0.25, -0.2) is 0 Å². The van der Waals surface area contributed by atoms with E-state index in [4.69, 9.17) is 0 Å². The van der Waals surface area contributed by atoms with E-state index in [1.807, 2.05) is 0 Å². The van der Waals surface area contributed by atoms with Crippen molar-refractivity contribution in [3.63, 3.8) is 0 Å². The zero-order valence-electron chi connectivity index (χ0n) is 7.05. The van der Waals surface area contributed by atoms with Gasteiger partial charge in [-0.1, -0.05) is 6.42 Å². The lowest BCUT2D eigenvalue weighted by atomic mass is 9.85. The van der Waals surface area contributed by atoms with Crippen molar-refractivity contribution < 1.29 is 5.11 Å². The topological polar surface area (TPSA) is 23.5 Å². The molecule has 0 atom stereocenters. The van der Waals surface area contributed by atoms with Gasteiger partial charge in [0.2, 0.25) is 0 Å². The summed E-state index contributed by atoms with van der Waals surface area (Å²) in [4.78, 5) is 2.28. The zero-order valence-corrected chi connectivity index (χ0v) is 7.05. The molecule has 2 aliphatic rings. The summed E-state index contributed by atoms with van der Waals surface area (Å²) in [6.45, 7) is 2.24. The van der Waals surface area contributed by atoms with Gasteiger partial charge in [0.05, 0.1) is 0 Å². The summed E-state index contributed by atoms with van der Waals surface area (Å²) >= 11 is 0. The Bertz CT molecular complexity index is 136. The molecule has 0 spiro atoms. The van der Waals surface area contributed by atoms with Gasteiger partial charge in [0.1, 0.15) is 5.72 Å². The molecule has 0 radical (unpaired) electrons. The average molecular weight is 155 g/mol. The number of nitrogens with zero attached hydrogens (tertiary/aromatic N) is 1. The van der Waals surface area contributed by atoms with E-state index in [9.17, 15) is 5.11 Å². The largest absolute Gasteiger partial charge is 0.376 e. The Kier molecular flexibility index (Phi) is 1.90. The van der Waals surface area contributed by atoms with Crippen LogP contribution in [0.2, 0.25) is 0 Å². The van der Waals surface area contributed by atoms with E-state index >= 15 is 0 Å². The van der Waals surface area contributed by atoms with E-state index in [1.54, 1.807) is 0 Å². The molecule has 0 aromatic heterocycles. The molecule has 0 bridgehead atoms. The highest BCUT2D eigenvalue weighted by Crippen LogP contribution is 2.36. The Balaban J connectivity index is 1.91. The van der Waals surface area contributed by atoms with Crippen LogP contribution in [0.15, 0.2) is 0 Å². The molecule has 2 nitrogen and oxygen atoms in total. The number of aliphatic hydroxyl groups is 1. The molecular weight excluding hydrogens is 138 g/mol. The molecule has 2 rings (SSSR count). The van der Waals surface area contributed by atoms with E-state index in [2.05, 4.69) is 4.90 Å². The van der Waals surface area contributed by atoms with E-state index in [0.717, 1.165) is 25.9 Å². The minimum atomic E-state index is -0.375. The van der Waals surface area contributed by atoms with Crippen LogP contribution in [0.4, 0.5) is 0 Å².